The second-order valence-electron chi connectivity index (χ2n) is 6.04. The number of carbonyl (C=O) groups is 1. The Hall–Kier alpha value is -2.79. The maximum Gasteiger partial charge on any atom is 0.323 e. The number of methoxy groups -OCH3 is 1. The van der Waals surface area contributed by atoms with E-state index in [-0.39, 0.29) is 17.8 Å². The fraction of sp³-hybridized carbons (Fsp3) is 0.211. The summed E-state index contributed by atoms with van der Waals surface area (Å²) < 4.78 is 4.94. The molecule has 0 amide bonds. The minimum Gasteiger partial charge on any atom is -0.508 e. The fourth-order valence-electron chi connectivity index (χ4n) is 3.50. The van der Waals surface area contributed by atoms with Crippen LogP contribution in [0.25, 0.3) is 10.9 Å². The lowest BCUT2D eigenvalue weighted by Gasteiger charge is -2.30. The van der Waals surface area contributed by atoms with Crippen LogP contribution in [0.5, 0.6) is 5.75 Å². The van der Waals surface area contributed by atoms with E-state index in [4.69, 9.17) is 4.74 Å². The molecule has 1 unspecified atom stereocenters. The Morgan fingerprint density at radius 3 is 2.83 bits per heavy atom. The largest absolute Gasteiger partial charge is 0.508 e. The highest BCUT2D eigenvalue weighted by Gasteiger charge is 2.34. The number of aromatic nitrogens is 1. The number of nitrogens with one attached hydrogen (secondary N) is 2. The SMILES string of the molecule is COC(=O)[C@@H]1Cc2c([nH]c3ccccc23)C(c2cccc(O)c2)N1. The molecule has 0 spiro atoms. The molecular formula is C19H18N2O3. The van der Waals surface area contributed by atoms with Gasteiger partial charge in [0.15, 0.2) is 0 Å². The molecule has 0 fully saturated rings. The van der Waals surface area contributed by atoms with E-state index in [1.54, 1.807) is 18.2 Å². The van der Waals surface area contributed by atoms with Crippen molar-refractivity contribution < 1.29 is 14.6 Å². The van der Waals surface area contributed by atoms with Crippen LogP contribution in [-0.4, -0.2) is 29.2 Å². The number of hydrogen-bond donors (Lipinski definition) is 3. The molecule has 4 rings (SSSR count). The number of H-pyrrole nitrogens is 1. The number of fused-ring (bicyclic) bond motifs is 3. The van der Waals surface area contributed by atoms with Crippen molar-refractivity contribution in [1.29, 1.82) is 0 Å². The molecule has 1 aliphatic rings. The van der Waals surface area contributed by atoms with Gasteiger partial charge in [0.05, 0.1) is 13.2 Å². The summed E-state index contributed by atoms with van der Waals surface area (Å²) in [5.74, 6) is -0.0803. The predicted molar refractivity (Wildman–Crippen MR) is 90.9 cm³/mol. The van der Waals surface area contributed by atoms with Crippen LogP contribution in [0.3, 0.4) is 0 Å². The summed E-state index contributed by atoms with van der Waals surface area (Å²) in [5.41, 5.74) is 4.09. The maximum atomic E-state index is 12.1. The Morgan fingerprint density at radius 2 is 2.04 bits per heavy atom. The Labute approximate surface area is 139 Å². The second kappa shape index (κ2) is 5.69. The van der Waals surface area contributed by atoms with E-state index in [2.05, 4.69) is 16.4 Å². The first kappa shape index (κ1) is 14.8. The fourth-order valence-corrected chi connectivity index (χ4v) is 3.50. The van der Waals surface area contributed by atoms with Gasteiger partial charge in [-0.15, -0.1) is 0 Å². The molecule has 1 aliphatic heterocycles. The number of phenolic OH excluding ortho intramolecular Hbond substituents is 1. The molecule has 0 saturated heterocycles. The van der Waals surface area contributed by atoms with Crippen molar-refractivity contribution in [2.75, 3.05) is 7.11 Å². The third-order valence-corrected chi connectivity index (χ3v) is 4.60. The van der Waals surface area contributed by atoms with Crippen molar-refractivity contribution in [1.82, 2.24) is 10.3 Å². The lowest BCUT2D eigenvalue weighted by molar-refractivity contribution is -0.143. The highest BCUT2D eigenvalue weighted by molar-refractivity contribution is 5.87. The first-order chi connectivity index (χ1) is 11.7. The number of phenols is 1. The molecule has 0 radical (unpaired) electrons. The maximum absolute atomic E-state index is 12.1. The van der Waals surface area contributed by atoms with Gasteiger partial charge in [0.1, 0.15) is 11.8 Å². The van der Waals surface area contributed by atoms with Gasteiger partial charge < -0.3 is 14.8 Å². The minimum absolute atomic E-state index is 0.201. The van der Waals surface area contributed by atoms with Gasteiger partial charge in [-0.25, -0.2) is 0 Å². The molecule has 3 N–H and O–H groups in total. The third-order valence-electron chi connectivity index (χ3n) is 4.60. The van der Waals surface area contributed by atoms with Crippen LogP contribution >= 0.6 is 0 Å². The van der Waals surface area contributed by atoms with E-state index in [0.717, 1.165) is 27.7 Å². The summed E-state index contributed by atoms with van der Waals surface area (Å²) in [5, 5.41) is 14.3. The Bertz CT molecular complexity index is 916. The smallest absolute Gasteiger partial charge is 0.323 e. The van der Waals surface area contributed by atoms with E-state index >= 15 is 0 Å². The Balaban J connectivity index is 1.88. The van der Waals surface area contributed by atoms with Gasteiger partial charge >= 0.3 is 5.97 Å². The molecule has 3 aromatic rings. The molecule has 5 heteroatoms. The van der Waals surface area contributed by atoms with E-state index < -0.39 is 6.04 Å². The number of benzene rings is 2. The summed E-state index contributed by atoms with van der Waals surface area (Å²) in [6.45, 7) is 0. The standard InChI is InChI=1S/C19H18N2O3/c1-24-19(23)16-10-14-13-7-2-3-8-15(13)20-18(14)17(21-16)11-5-4-6-12(22)9-11/h2-9,16-17,20-22H,10H2,1H3/t16-,17?/m0/s1. The monoisotopic (exact) mass is 322 g/mol. The average molecular weight is 322 g/mol. The van der Waals surface area contributed by atoms with E-state index in [9.17, 15) is 9.90 Å². The quantitative estimate of drug-likeness (QED) is 0.634. The number of aromatic amines is 1. The zero-order chi connectivity index (χ0) is 16.7. The van der Waals surface area contributed by atoms with Crippen LogP contribution in [0.2, 0.25) is 0 Å². The van der Waals surface area contributed by atoms with Crippen molar-refractivity contribution in [3.63, 3.8) is 0 Å². The van der Waals surface area contributed by atoms with E-state index in [1.165, 1.54) is 7.11 Å². The number of aromatic hydroxyl groups is 1. The molecule has 2 atom stereocenters. The van der Waals surface area contributed by atoms with Crippen LogP contribution in [0, 0.1) is 0 Å². The summed E-state index contributed by atoms with van der Waals surface area (Å²) in [7, 11) is 1.40. The predicted octanol–water partition coefficient (Wildman–Crippen LogP) is 2.65. The van der Waals surface area contributed by atoms with Gasteiger partial charge in [0.25, 0.3) is 0 Å². The van der Waals surface area contributed by atoms with Gasteiger partial charge in [0.2, 0.25) is 0 Å². The first-order valence-corrected chi connectivity index (χ1v) is 7.89. The Morgan fingerprint density at radius 1 is 1.21 bits per heavy atom. The van der Waals surface area contributed by atoms with Gasteiger partial charge in [-0.2, -0.15) is 0 Å². The summed E-state index contributed by atoms with van der Waals surface area (Å²) in [4.78, 5) is 15.6. The highest BCUT2D eigenvalue weighted by atomic mass is 16.5. The van der Waals surface area contributed by atoms with Crippen LogP contribution in [0.1, 0.15) is 22.9 Å². The first-order valence-electron chi connectivity index (χ1n) is 7.89. The van der Waals surface area contributed by atoms with Crippen molar-refractivity contribution in [2.45, 2.75) is 18.5 Å². The van der Waals surface area contributed by atoms with Crippen molar-refractivity contribution in [3.05, 3.63) is 65.4 Å². The minimum atomic E-state index is -0.422. The molecule has 5 nitrogen and oxygen atoms in total. The van der Waals surface area contributed by atoms with E-state index in [0.29, 0.717) is 6.42 Å². The van der Waals surface area contributed by atoms with Gasteiger partial charge in [-0.3, -0.25) is 10.1 Å². The van der Waals surface area contributed by atoms with Crippen LogP contribution in [0.4, 0.5) is 0 Å². The summed E-state index contributed by atoms with van der Waals surface area (Å²) >= 11 is 0. The number of rotatable bonds is 2. The molecule has 24 heavy (non-hydrogen) atoms. The molecule has 0 saturated carbocycles. The molecule has 0 aliphatic carbocycles. The van der Waals surface area contributed by atoms with Crippen molar-refractivity contribution >= 4 is 16.9 Å². The van der Waals surface area contributed by atoms with Gasteiger partial charge in [-0.05, 0) is 29.3 Å². The normalized spacial score (nSPS) is 19.9. The van der Waals surface area contributed by atoms with Crippen LogP contribution in [0.15, 0.2) is 48.5 Å². The number of para-hydroxylation sites is 1. The lowest BCUT2D eigenvalue weighted by Crippen LogP contribution is -2.45. The van der Waals surface area contributed by atoms with Gasteiger partial charge in [0, 0.05) is 23.0 Å². The molecule has 122 valence electrons. The summed E-state index contributed by atoms with van der Waals surface area (Å²) in [6, 6.07) is 14.5. The van der Waals surface area contributed by atoms with Crippen LogP contribution < -0.4 is 5.32 Å². The molecule has 2 aromatic carbocycles. The third kappa shape index (κ3) is 2.34. The summed E-state index contributed by atoms with van der Waals surface area (Å²) in [6.07, 6.45) is 0.571. The molecular weight excluding hydrogens is 304 g/mol. The van der Waals surface area contributed by atoms with Crippen molar-refractivity contribution in [3.8, 4) is 5.75 Å². The molecule has 2 heterocycles. The molecule has 0 bridgehead atoms. The second-order valence-corrected chi connectivity index (χ2v) is 6.04. The van der Waals surface area contributed by atoms with Crippen LogP contribution in [-0.2, 0) is 16.0 Å². The zero-order valence-electron chi connectivity index (χ0n) is 13.2. The number of carbonyl (C=O) groups excluding carboxylic acids is 1. The topological polar surface area (TPSA) is 74.4 Å². The molecule has 1 aromatic heterocycles. The number of ether oxygens (including phenoxy) is 1. The average Bonchev–Trinajstić information content (AvgIpc) is 2.99. The highest BCUT2D eigenvalue weighted by Crippen LogP contribution is 2.36. The van der Waals surface area contributed by atoms with Crippen molar-refractivity contribution in [2.24, 2.45) is 0 Å². The van der Waals surface area contributed by atoms with Gasteiger partial charge in [-0.1, -0.05) is 30.3 Å². The zero-order valence-corrected chi connectivity index (χ0v) is 13.2. The van der Waals surface area contributed by atoms with E-state index in [1.807, 2.05) is 24.3 Å². The Kier molecular flexibility index (Phi) is 3.50. The number of hydrogen-bond acceptors (Lipinski definition) is 4. The lowest BCUT2D eigenvalue weighted by atomic mass is 9.90. The number of esters is 1.